The van der Waals surface area contributed by atoms with E-state index < -0.39 is 0 Å². The Kier molecular flexibility index (Phi) is 2.89. The molecule has 0 saturated heterocycles. The fourth-order valence-corrected chi connectivity index (χ4v) is 1.95. The number of nitrogens with one attached hydrogen (secondary N) is 1. The third kappa shape index (κ3) is 2.28. The number of aromatic amines is 1. The summed E-state index contributed by atoms with van der Waals surface area (Å²) in [5.41, 5.74) is 8.43. The Hall–Kier alpha value is -2.40. The van der Waals surface area contributed by atoms with Crippen LogP contribution in [0.25, 0.3) is 23.1 Å². The monoisotopic (exact) mass is 257 g/mol. The summed E-state index contributed by atoms with van der Waals surface area (Å²) in [4.78, 5) is 3.15. The molecule has 0 aliphatic rings. The number of aromatic nitrogens is 2. The molecule has 0 bridgehead atoms. The third-order valence-corrected chi connectivity index (χ3v) is 2.91. The first-order valence-corrected chi connectivity index (χ1v) is 5.86. The number of rotatable bonds is 3. The molecule has 1 aromatic carbocycles. The van der Waals surface area contributed by atoms with Gasteiger partial charge in [-0.15, -0.1) is 0 Å². The van der Waals surface area contributed by atoms with Crippen molar-refractivity contribution in [2.45, 2.75) is 6.54 Å². The van der Waals surface area contributed by atoms with Crippen molar-refractivity contribution in [1.82, 2.24) is 10.1 Å². The zero-order valence-corrected chi connectivity index (χ0v) is 10.1. The van der Waals surface area contributed by atoms with E-state index in [0.717, 1.165) is 16.6 Å². The lowest BCUT2D eigenvalue weighted by Gasteiger charge is -1.97. The molecule has 0 radical (unpaired) electrons. The second-order valence-corrected chi connectivity index (χ2v) is 4.22. The van der Waals surface area contributed by atoms with Gasteiger partial charge in [0.2, 0.25) is 0 Å². The molecule has 0 spiro atoms. The molecule has 4 nitrogen and oxygen atoms in total. The molecule has 0 amide bonds. The van der Waals surface area contributed by atoms with Gasteiger partial charge in [0.15, 0.2) is 0 Å². The van der Waals surface area contributed by atoms with Crippen molar-refractivity contribution in [2.24, 2.45) is 5.73 Å². The zero-order chi connectivity index (χ0) is 13.2. The second kappa shape index (κ2) is 4.70. The van der Waals surface area contributed by atoms with Gasteiger partial charge in [-0.2, -0.15) is 0 Å². The van der Waals surface area contributed by atoms with E-state index in [1.807, 2.05) is 6.07 Å². The molecule has 0 aliphatic heterocycles. The molecule has 96 valence electrons. The van der Waals surface area contributed by atoms with Crippen LogP contribution in [0.5, 0.6) is 0 Å². The van der Waals surface area contributed by atoms with E-state index in [2.05, 4.69) is 10.1 Å². The van der Waals surface area contributed by atoms with E-state index in [1.165, 1.54) is 12.3 Å². The summed E-state index contributed by atoms with van der Waals surface area (Å²) in [6.45, 7) is 0.403. The first-order valence-electron chi connectivity index (χ1n) is 5.86. The lowest BCUT2D eigenvalue weighted by Crippen LogP contribution is -1.94. The van der Waals surface area contributed by atoms with Crippen molar-refractivity contribution in [2.75, 3.05) is 0 Å². The second-order valence-electron chi connectivity index (χ2n) is 4.22. The number of nitrogens with zero attached hydrogens (tertiary/aromatic N) is 1. The average molecular weight is 257 g/mol. The van der Waals surface area contributed by atoms with Gasteiger partial charge in [0, 0.05) is 34.8 Å². The van der Waals surface area contributed by atoms with Gasteiger partial charge in [-0.3, -0.25) is 0 Å². The number of halogens is 1. The van der Waals surface area contributed by atoms with Gasteiger partial charge in [-0.25, -0.2) is 4.39 Å². The van der Waals surface area contributed by atoms with Crippen LogP contribution in [0.2, 0.25) is 0 Å². The van der Waals surface area contributed by atoms with Crippen molar-refractivity contribution < 1.29 is 8.91 Å². The maximum absolute atomic E-state index is 13.9. The minimum Gasteiger partial charge on any atom is -0.364 e. The maximum Gasteiger partial charge on any atom is 0.131 e. The van der Waals surface area contributed by atoms with E-state index in [0.29, 0.717) is 17.8 Å². The molecule has 0 fully saturated rings. The summed E-state index contributed by atoms with van der Waals surface area (Å²) >= 11 is 0. The van der Waals surface area contributed by atoms with Crippen molar-refractivity contribution in [3.05, 3.63) is 53.3 Å². The van der Waals surface area contributed by atoms with Crippen LogP contribution in [0.15, 0.2) is 35.1 Å². The van der Waals surface area contributed by atoms with Crippen LogP contribution in [-0.2, 0) is 6.54 Å². The molecule has 0 unspecified atom stereocenters. The van der Waals surface area contributed by atoms with Crippen LogP contribution >= 0.6 is 0 Å². The number of benzene rings is 1. The van der Waals surface area contributed by atoms with Gasteiger partial charge in [0.05, 0.1) is 0 Å². The Morgan fingerprint density at radius 3 is 2.95 bits per heavy atom. The zero-order valence-electron chi connectivity index (χ0n) is 10.1. The van der Waals surface area contributed by atoms with Crippen LogP contribution in [0.4, 0.5) is 4.39 Å². The maximum atomic E-state index is 13.9. The third-order valence-electron chi connectivity index (χ3n) is 2.91. The summed E-state index contributed by atoms with van der Waals surface area (Å²) < 4.78 is 18.6. The highest BCUT2D eigenvalue weighted by Gasteiger charge is 2.05. The Morgan fingerprint density at radius 1 is 1.32 bits per heavy atom. The quantitative estimate of drug-likeness (QED) is 0.758. The largest absolute Gasteiger partial charge is 0.364 e. The molecule has 2 aromatic heterocycles. The molecule has 5 heteroatoms. The van der Waals surface area contributed by atoms with Crippen LogP contribution in [0, 0.1) is 5.82 Å². The van der Waals surface area contributed by atoms with Crippen molar-refractivity contribution in [1.29, 1.82) is 0 Å². The SMILES string of the molecule is NCc1cc2cc(F)c(C=Cc3ccon3)cc2[nH]1. The van der Waals surface area contributed by atoms with Gasteiger partial charge in [-0.1, -0.05) is 5.16 Å². The van der Waals surface area contributed by atoms with Crippen LogP contribution in [0.1, 0.15) is 17.0 Å². The standard InChI is InChI=1S/C14H12FN3O/c15-13-6-10-5-12(8-16)17-14(10)7-9(13)1-2-11-3-4-19-18-11/h1-7,17H,8,16H2. The first-order chi connectivity index (χ1) is 9.26. The highest BCUT2D eigenvalue weighted by molar-refractivity contribution is 5.84. The molecule has 0 saturated carbocycles. The van der Waals surface area contributed by atoms with Crippen LogP contribution in [-0.4, -0.2) is 10.1 Å². The van der Waals surface area contributed by atoms with E-state index in [-0.39, 0.29) is 5.82 Å². The topological polar surface area (TPSA) is 67.8 Å². The molecule has 0 atom stereocenters. The Morgan fingerprint density at radius 2 is 2.21 bits per heavy atom. The van der Waals surface area contributed by atoms with Gasteiger partial charge in [0.1, 0.15) is 17.8 Å². The van der Waals surface area contributed by atoms with Gasteiger partial charge < -0.3 is 15.2 Å². The summed E-state index contributed by atoms with van der Waals surface area (Å²) in [7, 11) is 0. The Bertz CT molecular complexity index is 729. The number of nitrogens with two attached hydrogens (primary N) is 1. The van der Waals surface area contributed by atoms with E-state index in [9.17, 15) is 4.39 Å². The van der Waals surface area contributed by atoms with Gasteiger partial charge in [0.25, 0.3) is 0 Å². The number of H-pyrrole nitrogens is 1. The molecular formula is C14H12FN3O. The average Bonchev–Trinajstić information content (AvgIpc) is 3.04. The minimum atomic E-state index is -0.283. The normalized spacial score (nSPS) is 11.7. The predicted octanol–water partition coefficient (Wildman–Crippen LogP) is 2.92. The van der Waals surface area contributed by atoms with Crippen molar-refractivity contribution in [3.63, 3.8) is 0 Å². The number of hydrogen-bond acceptors (Lipinski definition) is 3. The van der Waals surface area contributed by atoms with E-state index >= 15 is 0 Å². The molecular weight excluding hydrogens is 245 g/mol. The fourth-order valence-electron chi connectivity index (χ4n) is 1.95. The van der Waals surface area contributed by atoms with E-state index in [4.69, 9.17) is 10.3 Å². The summed E-state index contributed by atoms with van der Waals surface area (Å²) in [6, 6.07) is 6.80. The Balaban J connectivity index is 2.01. The van der Waals surface area contributed by atoms with Gasteiger partial charge in [-0.05, 0) is 30.4 Å². The molecule has 3 aromatic rings. The number of hydrogen-bond donors (Lipinski definition) is 2. The molecule has 3 rings (SSSR count). The smallest absolute Gasteiger partial charge is 0.131 e. The van der Waals surface area contributed by atoms with Crippen molar-refractivity contribution >= 4 is 23.1 Å². The number of fused-ring (bicyclic) bond motifs is 1. The highest BCUT2D eigenvalue weighted by Crippen LogP contribution is 2.21. The molecule has 0 aliphatic carbocycles. The van der Waals surface area contributed by atoms with Crippen LogP contribution in [0.3, 0.4) is 0 Å². The van der Waals surface area contributed by atoms with Crippen LogP contribution < -0.4 is 5.73 Å². The predicted molar refractivity (Wildman–Crippen MR) is 71.6 cm³/mol. The summed E-state index contributed by atoms with van der Waals surface area (Å²) in [5.74, 6) is -0.283. The minimum absolute atomic E-state index is 0.283. The lowest BCUT2D eigenvalue weighted by molar-refractivity contribution is 0.418. The molecule has 3 N–H and O–H groups in total. The Labute approximate surface area is 108 Å². The lowest BCUT2D eigenvalue weighted by atomic mass is 10.1. The first kappa shape index (κ1) is 11.7. The fraction of sp³-hybridized carbons (Fsp3) is 0.0714. The van der Waals surface area contributed by atoms with Gasteiger partial charge >= 0.3 is 0 Å². The summed E-state index contributed by atoms with van der Waals surface area (Å²) in [6.07, 6.45) is 4.83. The summed E-state index contributed by atoms with van der Waals surface area (Å²) in [5, 5.41) is 4.55. The molecule has 19 heavy (non-hydrogen) atoms. The van der Waals surface area contributed by atoms with E-state index in [1.54, 1.807) is 24.3 Å². The van der Waals surface area contributed by atoms with Crippen molar-refractivity contribution in [3.8, 4) is 0 Å². The molecule has 2 heterocycles. The highest BCUT2D eigenvalue weighted by atomic mass is 19.1.